The molecule has 21 heavy (non-hydrogen) atoms. The molecule has 0 amide bonds. The molecule has 0 N–H and O–H groups in total. The minimum Gasteiger partial charge on any atom is -0.478 e. The fourth-order valence-corrected chi connectivity index (χ4v) is 2.09. The third-order valence-corrected chi connectivity index (χ3v) is 3.15. The van der Waals surface area contributed by atoms with Crippen LogP contribution in [0.2, 0.25) is 0 Å². The molecule has 2 nitrogen and oxygen atoms in total. The normalized spacial score (nSPS) is 10.3. The van der Waals surface area contributed by atoms with E-state index in [-0.39, 0.29) is 0 Å². The van der Waals surface area contributed by atoms with Gasteiger partial charge in [0.2, 0.25) is 0 Å². The van der Waals surface area contributed by atoms with Gasteiger partial charge in [-0.2, -0.15) is 0 Å². The average Bonchev–Trinajstić information content (AvgIpc) is 2.54. The lowest BCUT2D eigenvalue weighted by atomic mass is 10.1. The Kier molecular flexibility index (Phi) is 5.80. The van der Waals surface area contributed by atoms with Gasteiger partial charge in [0, 0.05) is 13.1 Å². The fourth-order valence-electron chi connectivity index (χ4n) is 2.09. The van der Waals surface area contributed by atoms with Gasteiger partial charge >= 0.3 is 0 Å². The third-order valence-electron chi connectivity index (χ3n) is 3.15. The van der Waals surface area contributed by atoms with Crippen molar-refractivity contribution in [2.24, 2.45) is 0 Å². The van der Waals surface area contributed by atoms with Gasteiger partial charge in [0.25, 0.3) is 0 Å². The summed E-state index contributed by atoms with van der Waals surface area (Å²) < 4.78 is 5.79. The van der Waals surface area contributed by atoms with Crippen molar-refractivity contribution < 1.29 is 4.74 Å². The molecule has 2 rings (SSSR count). The van der Waals surface area contributed by atoms with Gasteiger partial charge in [-0.15, -0.1) is 13.2 Å². The predicted molar refractivity (Wildman–Crippen MR) is 89.3 cm³/mol. The van der Waals surface area contributed by atoms with Crippen LogP contribution in [0.3, 0.4) is 0 Å². The zero-order valence-electron chi connectivity index (χ0n) is 12.2. The maximum Gasteiger partial charge on any atom is 0.142 e. The van der Waals surface area contributed by atoms with Crippen LogP contribution in [0, 0.1) is 0 Å². The molecule has 0 heterocycles. The summed E-state index contributed by atoms with van der Waals surface area (Å²) in [6.45, 7) is 9.60. The van der Waals surface area contributed by atoms with Gasteiger partial charge < -0.3 is 4.74 Å². The van der Waals surface area contributed by atoms with Crippen LogP contribution in [0.1, 0.15) is 0 Å². The van der Waals surface area contributed by atoms with Crippen LogP contribution in [0.25, 0.3) is 11.1 Å². The Morgan fingerprint density at radius 1 is 0.810 bits per heavy atom. The molecule has 0 aromatic heterocycles. The molecule has 0 spiro atoms. The number of hydrogen-bond donors (Lipinski definition) is 0. The molecular formula is C19H21NO. The van der Waals surface area contributed by atoms with Crippen molar-refractivity contribution in [1.29, 1.82) is 0 Å². The lowest BCUT2D eigenvalue weighted by molar-refractivity contribution is 0.150. The Morgan fingerprint density at radius 3 is 1.95 bits per heavy atom. The van der Waals surface area contributed by atoms with Crippen molar-refractivity contribution >= 4 is 0 Å². The Labute approximate surface area is 127 Å². The van der Waals surface area contributed by atoms with E-state index in [1.54, 1.807) is 0 Å². The monoisotopic (exact) mass is 279 g/mol. The van der Waals surface area contributed by atoms with Crippen molar-refractivity contribution in [2.45, 2.75) is 0 Å². The Bertz CT molecular complexity index is 550. The summed E-state index contributed by atoms with van der Waals surface area (Å²) in [6, 6.07) is 18.5. The van der Waals surface area contributed by atoms with E-state index < -0.39 is 0 Å². The summed E-state index contributed by atoms with van der Waals surface area (Å²) in [5.41, 5.74) is 2.40. The van der Waals surface area contributed by atoms with Crippen LogP contribution in [0.5, 0.6) is 5.75 Å². The Hall–Kier alpha value is -2.32. The van der Waals surface area contributed by atoms with E-state index in [0.717, 1.165) is 18.8 Å². The van der Waals surface area contributed by atoms with E-state index in [9.17, 15) is 0 Å². The molecule has 0 aliphatic carbocycles. The number of rotatable bonds is 8. The van der Waals surface area contributed by atoms with Crippen LogP contribution in [-0.4, -0.2) is 24.7 Å². The van der Waals surface area contributed by atoms with Gasteiger partial charge in [-0.05, 0) is 23.3 Å². The summed E-state index contributed by atoms with van der Waals surface area (Å²) in [6.07, 6.45) is 3.73. The molecule has 0 saturated heterocycles. The number of nitrogens with zero attached hydrogens (tertiary/aromatic N) is 1. The molecule has 0 aliphatic heterocycles. The maximum atomic E-state index is 5.79. The van der Waals surface area contributed by atoms with Crippen LogP contribution in [-0.2, 0) is 0 Å². The standard InChI is InChI=1S/C19H21NO/c1-3-14-20(15-4-2)16-21-19-12-10-18(11-13-19)17-8-6-5-7-9-17/h3-13H,1-2,14-16H2. The first kappa shape index (κ1) is 15.1. The molecule has 2 heteroatoms. The lowest BCUT2D eigenvalue weighted by Gasteiger charge is -2.19. The SMILES string of the molecule is C=CCN(CC=C)COc1ccc(-c2ccccc2)cc1. The summed E-state index contributed by atoms with van der Waals surface area (Å²) >= 11 is 0. The maximum absolute atomic E-state index is 5.79. The third kappa shape index (κ3) is 4.62. The van der Waals surface area contributed by atoms with Crippen molar-refractivity contribution in [1.82, 2.24) is 4.90 Å². The van der Waals surface area contributed by atoms with Gasteiger partial charge in [0.1, 0.15) is 12.5 Å². The summed E-state index contributed by atoms with van der Waals surface area (Å²) in [5, 5.41) is 0. The van der Waals surface area contributed by atoms with E-state index in [0.29, 0.717) is 6.73 Å². The quantitative estimate of drug-likeness (QED) is 0.526. The van der Waals surface area contributed by atoms with Gasteiger partial charge in [-0.25, -0.2) is 0 Å². The number of ether oxygens (including phenoxy) is 1. The summed E-state index contributed by atoms with van der Waals surface area (Å²) in [7, 11) is 0. The molecule has 0 fully saturated rings. The van der Waals surface area contributed by atoms with Gasteiger partial charge in [0.15, 0.2) is 0 Å². The van der Waals surface area contributed by atoms with Crippen molar-refractivity contribution in [3.8, 4) is 16.9 Å². The highest BCUT2D eigenvalue weighted by atomic mass is 16.5. The van der Waals surface area contributed by atoms with E-state index in [2.05, 4.69) is 42.3 Å². The minimum atomic E-state index is 0.530. The second kappa shape index (κ2) is 8.08. The largest absolute Gasteiger partial charge is 0.478 e. The highest BCUT2D eigenvalue weighted by Crippen LogP contribution is 2.22. The summed E-state index contributed by atoms with van der Waals surface area (Å²) in [5.74, 6) is 0.868. The zero-order valence-corrected chi connectivity index (χ0v) is 12.2. The molecule has 108 valence electrons. The molecule has 0 aliphatic rings. The number of hydrogen-bond acceptors (Lipinski definition) is 2. The molecule has 0 saturated carbocycles. The zero-order chi connectivity index (χ0) is 14.9. The topological polar surface area (TPSA) is 12.5 Å². The van der Waals surface area contributed by atoms with Crippen LogP contribution in [0.15, 0.2) is 79.9 Å². The molecule has 0 bridgehead atoms. The smallest absolute Gasteiger partial charge is 0.142 e. The fraction of sp³-hybridized carbons (Fsp3) is 0.158. The number of benzene rings is 2. The first-order chi connectivity index (χ1) is 10.3. The van der Waals surface area contributed by atoms with Crippen LogP contribution in [0.4, 0.5) is 0 Å². The Balaban J connectivity index is 1.96. The highest BCUT2D eigenvalue weighted by Gasteiger charge is 2.02. The van der Waals surface area contributed by atoms with Gasteiger partial charge in [0.05, 0.1) is 0 Å². The van der Waals surface area contributed by atoms with E-state index in [4.69, 9.17) is 4.74 Å². The second-order valence-corrected chi connectivity index (χ2v) is 4.78. The molecule has 0 radical (unpaired) electrons. The van der Waals surface area contributed by atoms with Gasteiger partial charge in [-0.1, -0.05) is 54.6 Å². The Morgan fingerprint density at radius 2 is 1.38 bits per heavy atom. The average molecular weight is 279 g/mol. The highest BCUT2D eigenvalue weighted by molar-refractivity contribution is 5.63. The molecular weight excluding hydrogens is 258 g/mol. The first-order valence-electron chi connectivity index (χ1n) is 7.06. The van der Waals surface area contributed by atoms with Gasteiger partial charge in [-0.3, -0.25) is 4.90 Å². The van der Waals surface area contributed by atoms with Crippen molar-refractivity contribution in [3.05, 3.63) is 79.9 Å². The molecule has 2 aromatic rings. The lowest BCUT2D eigenvalue weighted by Crippen LogP contribution is -2.28. The summed E-state index contributed by atoms with van der Waals surface area (Å²) in [4.78, 5) is 2.12. The van der Waals surface area contributed by atoms with Crippen LogP contribution < -0.4 is 4.74 Å². The molecule has 0 atom stereocenters. The van der Waals surface area contributed by atoms with Crippen LogP contribution >= 0.6 is 0 Å². The molecule has 0 unspecified atom stereocenters. The van der Waals surface area contributed by atoms with E-state index in [1.165, 1.54) is 11.1 Å². The van der Waals surface area contributed by atoms with Crippen molar-refractivity contribution in [3.63, 3.8) is 0 Å². The molecule has 2 aromatic carbocycles. The predicted octanol–water partition coefficient (Wildman–Crippen LogP) is 4.36. The second-order valence-electron chi connectivity index (χ2n) is 4.78. The van der Waals surface area contributed by atoms with Crippen molar-refractivity contribution in [2.75, 3.05) is 19.8 Å². The minimum absolute atomic E-state index is 0.530. The van der Waals surface area contributed by atoms with E-state index in [1.807, 2.05) is 42.5 Å². The first-order valence-corrected chi connectivity index (χ1v) is 7.06. The van der Waals surface area contributed by atoms with E-state index >= 15 is 0 Å².